The zero-order chi connectivity index (χ0) is 14.2. The first-order valence-corrected chi connectivity index (χ1v) is 6.66. The number of benzene rings is 1. The molecule has 5 nitrogen and oxygen atoms in total. The summed E-state index contributed by atoms with van der Waals surface area (Å²) in [6.07, 6.45) is 1.12. The molecule has 104 valence electrons. The number of nitro benzene ring substituents is 1. The normalized spacial score (nSPS) is 18.4. The molecule has 0 aliphatic carbocycles. The first-order chi connectivity index (χ1) is 8.80. The molecule has 0 bridgehead atoms. The molecule has 1 heterocycles. The largest absolute Gasteiger partial charge is 0.390 e. The first kappa shape index (κ1) is 14.4. The van der Waals surface area contributed by atoms with Crippen LogP contribution in [0.5, 0.6) is 0 Å². The van der Waals surface area contributed by atoms with Crippen molar-refractivity contribution in [2.75, 3.05) is 18.0 Å². The Bertz CT molecular complexity index is 510. The lowest BCUT2D eigenvalue weighted by molar-refractivity contribution is -0.384. The van der Waals surface area contributed by atoms with Gasteiger partial charge in [-0.2, -0.15) is 0 Å². The van der Waals surface area contributed by atoms with Gasteiger partial charge in [0, 0.05) is 19.2 Å². The van der Waals surface area contributed by atoms with Gasteiger partial charge >= 0.3 is 0 Å². The highest BCUT2D eigenvalue weighted by atomic mass is 35.5. The van der Waals surface area contributed by atoms with Crippen molar-refractivity contribution in [2.24, 2.45) is 0 Å². The van der Waals surface area contributed by atoms with Crippen molar-refractivity contribution in [3.05, 3.63) is 32.3 Å². The van der Waals surface area contributed by atoms with Crippen LogP contribution in [0, 0.1) is 10.1 Å². The van der Waals surface area contributed by atoms with Gasteiger partial charge in [-0.15, -0.1) is 0 Å². The molecule has 1 aromatic rings. The van der Waals surface area contributed by atoms with Crippen LogP contribution in [0.1, 0.15) is 19.8 Å². The minimum absolute atomic E-state index is 0.0593. The third-order valence-electron chi connectivity index (χ3n) is 3.40. The lowest BCUT2D eigenvalue weighted by Crippen LogP contribution is -2.42. The fraction of sp³-hybridized carbons (Fsp3) is 0.500. The van der Waals surface area contributed by atoms with Gasteiger partial charge in [0.25, 0.3) is 5.69 Å². The van der Waals surface area contributed by atoms with Crippen molar-refractivity contribution >= 4 is 34.6 Å². The van der Waals surface area contributed by atoms with E-state index in [1.54, 1.807) is 6.92 Å². The monoisotopic (exact) mass is 304 g/mol. The van der Waals surface area contributed by atoms with Gasteiger partial charge in [-0.05, 0) is 25.8 Å². The average Bonchev–Trinajstić information content (AvgIpc) is 2.32. The van der Waals surface area contributed by atoms with Gasteiger partial charge in [0.2, 0.25) is 0 Å². The standard InChI is InChI=1S/C12H14Cl2N2O3/c1-12(17)2-4-15(5-3-12)10-6-8(13)9(14)7-11(10)16(18)19/h6-7,17H,2-5H2,1H3. The van der Waals surface area contributed by atoms with Crippen LogP contribution in [0.15, 0.2) is 12.1 Å². The molecule has 0 radical (unpaired) electrons. The Morgan fingerprint density at radius 1 is 1.32 bits per heavy atom. The summed E-state index contributed by atoms with van der Waals surface area (Å²) < 4.78 is 0. The van der Waals surface area contributed by atoms with Crippen LogP contribution < -0.4 is 4.90 Å². The van der Waals surface area contributed by atoms with Crippen LogP contribution in [-0.4, -0.2) is 28.7 Å². The maximum absolute atomic E-state index is 11.1. The minimum Gasteiger partial charge on any atom is -0.390 e. The quantitative estimate of drug-likeness (QED) is 0.673. The summed E-state index contributed by atoms with van der Waals surface area (Å²) in [7, 11) is 0. The molecule has 0 spiro atoms. The molecular weight excluding hydrogens is 291 g/mol. The highest BCUT2D eigenvalue weighted by Gasteiger charge is 2.30. The van der Waals surface area contributed by atoms with Gasteiger partial charge in [0.05, 0.1) is 20.6 Å². The van der Waals surface area contributed by atoms with Crippen LogP contribution in [0.4, 0.5) is 11.4 Å². The Morgan fingerprint density at radius 3 is 2.37 bits per heavy atom. The maximum Gasteiger partial charge on any atom is 0.294 e. The second-order valence-corrected chi connectivity index (χ2v) is 5.81. The number of halogens is 2. The van der Waals surface area contributed by atoms with Crippen molar-refractivity contribution in [3.63, 3.8) is 0 Å². The molecule has 2 rings (SSSR count). The summed E-state index contributed by atoms with van der Waals surface area (Å²) in [6.45, 7) is 2.87. The van der Waals surface area contributed by atoms with Crippen LogP contribution in [0.2, 0.25) is 10.0 Å². The van der Waals surface area contributed by atoms with Gasteiger partial charge in [0.1, 0.15) is 5.69 Å². The van der Waals surface area contributed by atoms with E-state index in [1.807, 2.05) is 4.90 Å². The zero-order valence-corrected chi connectivity index (χ0v) is 11.9. The molecule has 19 heavy (non-hydrogen) atoms. The Morgan fingerprint density at radius 2 is 1.84 bits per heavy atom. The third kappa shape index (κ3) is 3.11. The number of anilines is 1. The van der Waals surface area contributed by atoms with Crippen molar-refractivity contribution in [2.45, 2.75) is 25.4 Å². The topological polar surface area (TPSA) is 66.6 Å². The van der Waals surface area contributed by atoms with Crippen LogP contribution in [0.3, 0.4) is 0 Å². The highest BCUT2D eigenvalue weighted by molar-refractivity contribution is 6.42. The lowest BCUT2D eigenvalue weighted by Gasteiger charge is -2.36. The number of aliphatic hydroxyl groups is 1. The van der Waals surface area contributed by atoms with E-state index in [-0.39, 0.29) is 10.7 Å². The molecule has 0 amide bonds. The number of hydrogen-bond donors (Lipinski definition) is 1. The van der Waals surface area contributed by atoms with Gasteiger partial charge in [-0.1, -0.05) is 23.2 Å². The summed E-state index contributed by atoms with van der Waals surface area (Å²) in [5.41, 5.74) is -0.313. The molecule has 1 aliphatic rings. The third-order valence-corrected chi connectivity index (χ3v) is 4.12. The summed E-state index contributed by atoms with van der Waals surface area (Å²) in [5.74, 6) is 0. The summed E-state index contributed by atoms with van der Waals surface area (Å²) in [5, 5.41) is 21.5. The predicted molar refractivity (Wildman–Crippen MR) is 75.2 cm³/mol. The SMILES string of the molecule is CC1(O)CCN(c2cc(Cl)c(Cl)cc2[N+](=O)[O-])CC1. The molecule has 1 aromatic carbocycles. The number of nitro groups is 1. The molecule has 0 unspecified atom stereocenters. The van der Waals surface area contributed by atoms with E-state index in [0.717, 1.165) is 0 Å². The van der Waals surface area contributed by atoms with E-state index in [4.69, 9.17) is 23.2 Å². The zero-order valence-electron chi connectivity index (χ0n) is 10.4. The molecule has 7 heteroatoms. The van der Waals surface area contributed by atoms with Gasteiger partial charge in [-0.25, -0.2) is 0 Å². The van der Waals surface area contributed by atoms with E-state index >= 15 is 0 Å². The van der Waals surface area contributed by atoms with Gasteiger partial charge in [0.15, 0.2) is 0 Å². The number of rotatable bonds is 2. The van der Waals surface area contributed by atoms with Crippen molar-refractivity contribution in [3.8, 4) is 0 Å². The summed E-state index contributed by atoms with van der Waals surface area (Å²) >= 11 is 11.8. The smallest absolute Gasteiger partial charge is 0.294 e. The van der Waals surface area contributed by atoms with E-state index in [9.17, 15) is 15.2 Å². The predicted octanol–water partition coefficient (Wildman–Crippen LogP) is 3.25. The van der Waals surface area contributed by atoms with Gasteiger partial charge < -0.3 is 10.0 Å². The molecule has 0 aromatic heterocycles. The maximum atomic E-state index is 11.1. The highest BCUT2D eigenvalue weighted by Crippen LogP contribution is 2.38. The lowest BCUT2D eigenvalue weighted by atomic mass is 9.93. The Hall–Kier alpha value is -1.04. The van der Waals surface area contributed by atoms with Crippen molar-refractivity contribution < 1.29 is 10.0 Å². The summed E-state index contributed by atoms with van der Waals surface area (Å²) in [4.78, 5) is 12.5. The molecule has 1 N–H and O–H groups in total. The van der Waals surface area contributed by atoms with E-state index in [1.165, 1.54) is 12.1 Å². The Labute approximate surface area is 120 Å². The van der Waals surface area contributed by atoms with Crippen molar-refractivity contribution in [1.82, 2.24) is 0 Å². The van der Waals surface area contributed by atoms with Crippen LogP contribution in [-0.2, 0) is 0 Å². The second kappa shape index (κ2) is 5.15. The molecular formula is C12H14Cl2N2O3. The second-order valence-electron chi connectivity index (χ2n) is 5.00. The fourth-order valence-corrected chi connectivity index (χ4v) is 2.47. The average molecular weight is 305 g/mol. The Balaban J connectivity index is 2.34. The Kier molecular flexibility index (Phi) is 3.90. The fourth-order valence-electron chi connectivity index (χ4n) is 2.15. The van der Waals surface area contributed by atoms with Crippen molar-refractivity contribution in [1.29, 1.82) is 0 Å². The van der Waals surface area contributed by atoms with Gasteiger partial charge in [-0.3, -0.25) is 10.1 Å². The van der Waals surface area contributed by atoms with Crippen LogP contribution >= 0.6 is 23.2 Å². The van der Waals surface area contributed by atoms with Crippen LogP contribution in [0.25, 0.3) is 0 Å². The number of piperidine rings is 1. The van der Waals surface area contributed by atoms with E-state index in [2.05, 4.69) is 0 Å². The minimum atomic E-state index is -0.707. The molecule has 1 fully saturated rings. The number of nitrogens with zero attached hydrogens (tertiary/aromatic N) is 2. The first-order valence-electron chi connectivity index (χ1n) is 5.91. The molecule has 1 saturated heterocycles. The van der Waals surface area contributed by atoms with E-state index < -0.39 is 10.5 Å². The molecule has 1 aliphatic heterocycles. The summed E-state index contributed by atoms with van der Waals surface area (Å²) in [6, 6.07) is 2.79. The molecule has 0 saturated carbocycles. The van der Waals surface area contributed by atoms with E-state index in [0.29, 0.717) is 36.6 Å². The number of hydrogen-bond acceptors (Lipinski definition) is 4. The molecule has 0 atom stereocenters.